The number of carbonyl (C=O) groups excluding carboxylic acids is 1. The molecule has 0 amide bonds. The molecule has 1 atom stereocenters. The first-order valence-corrected chi connectivity index (χ1v) is 5.75. The molecule has 2 rings (SSSR count). The molecule has 18 heavy (non-hydrogen) atoms. The van der Waals surface area contributed by atoms with E-state index in [2.05, 4.69) is 0 Å². The predicted molar refractivity (Wildman–Crippen MR) is 68.5 cm³/mol. The number of ketones is 1. The van der Waals surface area contributed by atoms with Crippen LogP contribution in [0.15, 0.2) is 54.6 Å². The van der Waals surface area contributed by atoms with E-state index in [1.54, 1.807) is 30.3 Å². The average molecular weight is 243 g/mol. The molecule has 0 aliphatic rings. The number of hydrogen-bond donors (Lipinski definition) is 1. The van der Waals surface area contributed by atoms with Gasteiger partial charge in [0.25, 0.3) is 0 Å². The van der Waals surface area contributed by atoms with Gasteiger partial charge in [0.2, 0.25) is 0 Å². The summed E-state index contributed by atoms with van der Waals surface area (Å²) in [5.74, 6) is -0.558. The lowest BCUT2D eigenvalue weighted by Gasteiger charge is -2.11. The van der Waals surface area contributed by atoms with Gasteiger partial charge in [-0.15, -0.1) is 0 Å². The zero-order valence-electron chi connectivity index (χ0n) is 9.84. The van der Waals surface area contributed by atoms with Crippen molar-refractivity contribution in [2.75, 3.05) is 0 Å². The molecule has 0 spiro atoms. The fraction of sp³-hybridized carbons (Fsp3) is 0.133. The van der Waals surface area contributed by atoms with Crippen molar-refractivity contribution in [2.45, 2.75) is 12.5 Å². The van der Waals surface area contributed by atoms with Crippen molar-refractivity contribution >= 4 is 5.78 Å². The van der Waals surface area contributed by atoms with Crippen LogP contribution in [0.25, 0.3) is 0 Å². The van der Waals surface area contributed by atoms with Gasteiger partial charge >= 0.3 is 0 Å². The Kier molecular flexibility index (Phi) is 3.85. The molecule has 0 heterocycles. The van der Waals surface area contributed by atoms with Crippen molar-refractivity contribution in [3.05, 3.63) is 71.5 Å². The monoisotopic (exact) mass is 243 g/mol. The van der Waals surface area contributed by atoms with Crippen molar-refractivity contribution in [2.24, 2.45) is 5.73 Å². The van der Waals surface area contributed by atoms with Gasteiger partial charge in [-0.25, -0.2) is 4.39 Å². The lowest BCUT2D eigenvalue weighted by Crippen LogP contribution is -2.23. The highest BCUT2D eigenvalue weighted by molar-refractivity contribution is 5.87. The van der Waals surface area contributed by atoms with Crippen LogP contribution in [-0.2, 0) is 11.2 Å². The summed E-state index contributed by atoms with van der Waals surface area (Å²) < 4.78 is 13.4. The van der Waals surface area contributed by atoms with E-state index in [0.29, 0.717) is 5.56 Å². The first-order valence-electron chi connectivity index (χ1n) is 5.75. The highest BCUT2D eigenvalue weighted by Gasteiger charge is 2.17. The third kappa shape index (κ3) is 2.81. The minimum atomic E-state index is -0.703. The van der Waals surface area contributed by atoms with E-state index in [9.17, 15) is 9.18 Å². The van der Waals surface area contributed by atoms with E-state index in [-0.39, 0.29) is 18.0 Å². The van der Waals surface area contributed by atoms with Crippen molar-refractivity contribution in [1.29, 1.82) is 0 Å². The minimum Gasteiger partial charge on any atom is -0.318 e. The highest BCUT2D eigenvalue weighted by Crippen LogP contribution is 2.15. The maximum Gasteiger partial charge on any atom is 0.158 e. The summed E-state index contributed by atoms with van der Waals surface area (Å²) in [5.41, 5.74) is 7.00. The van der Waals surface area contributed by atoms with E-state index in [1.165, 1.54) is 6.07 Å². The van der Waals surface area contributed by atoms with E-state index >= 15 is 0 Å². The highest BCUT2D eigenvalue weighted by atomic mass is 19.1. The van der Waals surface area contributed by atoms with Crippen LogP contribution in [0.1, 0.15) is 17.2 Å². The molecule has 2 N–H and O–H groups in total. The fourth-order valence-electron chi connectivity index (χ4n) is 1.79. The molecule has 0 saturated carbocycles. The first kappa shape index (κ1) is 12.5. The number of Topliss-reactive ketones (excluding diaryl/α,β-unsaturated/α-hetero) is 1. The number of rotatable bonds is 4. The third-order valence-electron chi connectivity index (χ3n) is 2.83. The molecule has 0 fully saturated rings. The predicted octanol–water partition coefficient (Wildman–Crippen LogP) is 2.64. The minimum absolute atomic E-state index is 0.0166. The van der Waals surface area contributed by atoms with Gasteiger partial charge in [-0.1, -0.05) is 48.5 Å². The topological polar surface area (TPSA) is 43.1 Å². The fourth-order valence-corrected chi connectivity index (χ4v) is 1.79. The van der Waals surface area contributed by atoms with E-state index in [0.717, 1.165) is 5.56 Å². The summed E-state index contributed by atoms with van der Waals surface area (Å²) in [6, 6.07) is 14.6. The number of halogens is 1. The molecule has 3 heteroatoms. The summed E-state index contributed by atoms with van der Waals surface area (Å²) in [4.78, 5) is 12.0. The largest absolute Gasteiger partial charge is 0.318 e. The summed E-state index contributed by atoms with van der Waals surface area (Å²) >= 11 is 0. The van der Waals surface area contributed by atoms with Crippen molar-refractivity contribution in [3.63, 3.8) is 0 Å². The average Bonchev–Trinajstić information content (AvgIpc) is 2.41. The Balaban J connectivity index is 2.12. The molecular formula is C15H14FNO. The number of hydrogen-bond acceptors (Lipinski definition) is 2. The van der Waals surface area contributed by atoms with Crippen molar-refractivity contribution < 1.29 is 9.18 Å². The Bertz CT molecular complexity index is 539. The van der Waals surface area contributed by atoms with Gasteiger partial charge in [-0.2, -0.15) is 0 Å². The van der Waals surface area contributed by atoms with Crippen LogP contribution in [0, 0.1) is 5.82 Å². The van der Waals surface area contributed by atoms with Crippen LogP contribution in [-0.4, -0.2) is 5.78 Å². The molecule has 0 aromatic heterocycles. The molecule has 2 nitrogen and oxygen atoms in total. The van der Waals surface area contributed by atoms with Crippen LogP contribution in [0.5, 0.6) is 0 Å². The molecule has 0 bridgehead atoms. The zero-order valence-corrected chi connectivity index (χ0v) is 9.84. The Morgan fingerprint density at radius 2 is 1.67 bits per heavy atom. The Morgan fingerprint density at radius 1 is 1.06 bits per heavy atom. The molecule has 92 valence electrons. The normalized spacial score (nSPS) is 12.1. The smallest absolute Gasteiger partial charge is 0.158 e. The Labute approximate surface area is 105 Å². The van der Waals surface area contributed by atoms with Gasteiger partial charge in [0, 0.05) is 6.42 Å². The Hall–Kier alpha value is -2.00. The molecule has 0 radical (unpaired) electrons. The van der Waals surface area contributed by atoms with Gasteiger partial charge in [-0.3, -0.25) is 4.79 Å². The van der Waals surface area contributed by atoms with E-state index < -0.39 is 6.04 Å². The van der Waals surface area contributed by atoms with Crippen LogP contribution >= 0.6 is 0 Å². The summed E-state index contributed by atoms with van der Waals surface area (Å²) in [6.07, 6.45) is 0.0166. The quantitative estimate of drug-likeness (QED) is 0.897. The van der Waals surface area contributed by atoms with Gasteiger partial charge in [0.15, 0.2) is 5.78 Å². The second-order valence-electron chi connectivity index (χ2n) is 4.12. The molecular weight excluding hydrogens is 229 g/mol. The zero-order chi connectivity index (χ0) is 13.0. The van der Waals surface area contributed by atoms with Crippen LogP contribution < -0.4 is 5.73 Å². The second-order valence-corrected chi connectivity index (χ2v) is 4.12. The van der Waals surface area contributed by atoms with Gasteiger partial charge < -0.3 is 5.73 Å². The van der Waals surface area contributed by atoms with Gasteiger partial charge in [0.05, 0.1) is 6.04 Å². The molecule has 0 unspecified atom stereocenters. The summed E-state index contributed by atoms with van der Waals surface area (Å²) in [6.45, 7) is 0. The lowest BCUT2D eigenvalue weighted by molar-refractivity contribution is -0.119. The second kappa shape index (κ2) is 5.56. The van der Waals surface area contributed by atoms with Crippen LogP contribution in [0.3, 0.4) is 0 Å². The van der Waals surface area contributed by atoms with Gasteiger partial charge in [-0.05, 0) is 17.2 Å². The van der Waals surface area contributed by atoms with E-state index in [1.807, 2.05) is 18.2 Å². The standard InChI is InChI=1S/C15H14FNO/c16-13-9-5-4-8-12(13)10-14(18)15(17)11-6-2-1-3-7-11/h1-9,15H,10,17H2/t15-/m1/s1. The van der Waals surface area contributed by atoms with Gasteiger partial charge in [0.1, 0.15) is 5.82 Å². The first-order chi connectivity index (χ1) is 8.68. The molecule has 2 aromatic carbocycles. The summed E-state index contributed by atoms with van der Waals surface area (Å²) in [7, 11) is 0. The number of nitrogens with two attached hydrogens (primary N) is 1. The number of carbonyl (C=O) groups is 1. The Morgan fingerprint density at radius 3 is 2.33 bits per heavy atom. The number of benzene rings is 2. The van der Waals surface area contributed by atoms with E-state index in [4.69, 9.17) is 5.73 Å². The molecule has 0 saturated heterocycles. The molecule has 0 aliphatic carbocycles. The van der Waals surface area contributed by atoms with Crippen molar-refractivity contribution in [1.82, 2.24) is 0 Å². The molecule has 2 aromatic rings. The lowest BCUT2D eigenvalue weighted by atomic mass is 9.98. The summed E-state index contributed by atoms with van der Waals surface area (Å²) in [5, 5.41) is 0. The van der Waals surface area contributed by atoms with Crippen LogP contribution in [0.2, 0.25) is 0 Å². The maximum atomic E-state index is 13.4. The van der Waals surface area contributed by atoms with Crippen LogP contribution in [0.4, 0.5) is 4.39 Å². The molecule has 0 aliphatic heterocycles. The third-order valence-corrected chi connectivity index (χ3v) is 2.83. The SMILES string of the molecule is N[C@@H](C(=O)Cc1ccccc1F)c1ccccc1. The van der Waals surface area contributed by atoms with Crippen molar-refractivity contribution in [3.8, 4) is 0 Å². The maximum absolute atomic E-state index is 13.4.